The van der Waals surface area contributed by atoms with Crippen molar-refractivity contribution in [1.82, 2.24) is 4.90 Å². The van der Waals surface area contributed by atoms with Crippen molar-refractivity contribution in [3.63, 3.8) is 0 Å². The molecule has 1 amide bonds. The maximum absolute atomic E-state index is 14.6. The molecule has 1 aliphatic rings. The number of amides is 1. The fraction of sp³-hybridized carbons (Fsp3) is 0.300. The molecule has 3 rings (SSSR count). The molecule has 26 heavy (non-hydrogen) atoms. The maximum Gasteiger partial charge on any atom is 0.308 e. The van der Waals surface area contributed by atoms with Gasteiger partial charge in [0.25, 0.3) is 5.91 Å². The van der Waals surface area contributed by atoms with Crippen LogP contribution in [0.1, 0.15) is 22.8 Å². The van der Waals surface area contributed by atoms with Gasteiger partial charge in [-0.25, -0.2) is 8.78 Å². The lowest BCUT2D eigenvalue weighted by molar-refractivity contribution is -0.142. The third-order valence-corrected chi connectivity index (χ3v) is 4.91. The molecule has 1 fully saturated rings. The number of carboxylic acid groups (broad SMARTS) is 1. The van der Waals surface area contributed by atoms with Gasteiger partial charge in [-0.15, -0.1) is 0 Å². The van der Waals surface area contributed by atoms with E-state index in [2.05, 4.69) is 0 Å². The number of hydrogen-bond acceptors (Lipinski definition) is 2. The molecule has 136 valence electrons. The molecular formula is C20H19F2NO3. The number of carbonyl (C=O) groups is 2. The van der Waals surface area contributed by atoms with Gasteiger partial charge in [-0.2, -0.15) is 0 Å². The molecule has 1 saturated heterocycles. The van der Waals surface area contributed by atoms with Gasteiger partial charge in [0, 0.05) is 24.2 Å². The number of benzene rings is 2. The number of aryl methyl sites for hydroxylation is 1. The summed E-state index contributed by atoms with van der Waals surface area (Å²) in [5, 5.41) is 9.18. The van der Waals surface area contributed by atoms with Gasteiger partial charge in [-0.1, -0.05) is 19.1 Å². The van der Waals surface area contributed by atoms with Crippen molar-refractivity contribution in [1.29, 1.82) is 0 Å². The predicted octanol–water partition coefficient (Wildman–Crippen LogP) is 3.73. The van der Waals surface area contributed by atoms with Gasteiger partial charge in [0.1, 0.15) is 11.6 Å². The van der Waals surface area contributed by atoms with E-state index < -0.39 is 23.5 Å². The number of likely N-dealkylation sites (tertiary alicyclic amines) is 1. The number of rotatable bonds is 3. The second kappa shape index (κ2) is 6.86. The van der Waals surface area contributed by atoms with Crippen molar-refractivity contribution in [3.8, 4) is 11.1 Å². The van der Waals surface area contributed by atoms with E-state index in [0.717, 1.165) is 6.07 Å². The number of hydrogen-bond donors (Lipinski definition) is 1. The van der Waals surface area contributed by atoms with Gasteiger partial charge < -0.3 is 10.0 Å². The summed E-state index contributed by atoms with van der Waals surface area (Å²) in [6.07, 6.45) is 0. The molecule has 2 aromatic carbocycles. The fourth-order valence-electron chi connectivity index (χ4n) is 3.43. The lowest BCUT2D eigenvalue weighted by Crippen LogP contribution is -2.30. The van der Waals surface area contributed by atoms with Crippen LogP contribution in [0.4, 0.5) is 8.78 Å². The lowest BCUT2D eigenvalue weighted by atomic mass is 9.98. The van der Waals surface area contributed by atoms with E-state index in [-0.39, 0.29) is 29.5 Å². The summed E-state index contributed by atoms with van der Waals surface area (Å²) in [6.45, 7) is 3.92. The first-order valence-electron chi connectivity index (χ1n) is 8.36. The topological polar surface area (TPSA) is 57.6 Å². The number of carbonyl (C=O) groups excluding carboxylic acids is 1. The highest BCUT2D eigenvalue weighted by atomic mass is 19.1. The molecule has 2 atom stereocenters. The quantitative estimate of drug-likeness (QED) is 0.908. The molecule has 1 N–H and O–H groups in total. The average molecular weight is 359 g/mol. The molecule has 0 spiro atoms. The van der Waals surface area contributed by atoms with Gasteiger partial charge in [-0.05, 0) is 48.2 Å². The molecular weight excluding hydrogens is 340 g/mol. The van der Waals surface area contributed by atoms with Crippen LogP contribution in [0.3, 0.4) is 0 Å². The highest BCUT2D eigenvalue weighted by Crippen LogP contribution is 2.29. The molecule has 0 saturated carbocycles. The zero-order valence-electron chi connectivity index (χ0n) is 14.5. The summed E-state index contributed by atoms with van der Waals surface area (Å²) in [5.74, 6) is -3.04. The summed E-state index contributed by atoms with van der Waals surface area (Å²) in [7, 11) is 0. The fourth-order valence-corrected chi connectivity index (χ4v) is 3.43. The predicted molar refractivity (Wildman–Crippen MR) is 92.7 cm³/mol. The Morgan fingerprint density at radius 1 is 1.08 bits per heavy atom. The second-order valence-corrected chi connectivity index (χ2v) is 6.79. The smallest absolute Gasteiger partial charge is 0.308 e. The third-order valence-electron chi connectivity index (χ3n) is 4.91. The molecule has 6 heteroatoms. The molecule has 0 aliphatic carbocycles. The Labute approximate surface area is 150 Å². The van der Waals surface area contributed by atoms with Crippen LogP contribution in [-0.4, -0.2) is 35.0 Å². The molecule has 0 bridgehead atoms. The average Bonchev–Trinajstić information content (AvgIpc) is 2.97. The normalized spacial score (nSPS) is 19.6. The van der Waals surface area contributed by atoms with Crippen molar-refractivity contribution >= 4 is 11.9 Å². The molecule has 1 heterocycles. The first kappa shape index (κ1) is 18.0. The van der Waals surface area contributed by atoms with Crippen molar-refractivity contribution in [3.05, 3.63) is 59.2 Å². The standard InChI is InChI=1S/C20H19F2NO3/c1-11-7-14(21)4-6-15(11)16-5-3-13(8-18(16)22)19(24)23-9-12(2)17(10-23)20(25)26/h3-8,12,17H,9-10H2,1-2H3,(H,25,26)/t12-,17-/m1/s1. The highest BCUT2D eigenvalue weighted by Gasteiger charge is 2.37. The number of nitrogens with zero attached hydrogens (tertiary/aromatic N) is 1. The van der Waals surface area contributed by atoms with E-state index in [1.807, 2.05) is 0 Å². The van der Waals surface area contributed by atoms with Crippen LogP contribution in [0.15, 0.2) is 36.4 Å². The minimum atomic E-state index is -0.930. The summed E-state index contributed by atoms with van der Waals surface area (Å²) < 4.78 is 27.8. The largest absolute Gasteiger partial charge is 0.481 e. The highest BCUT2D eigenvalue weighted by molar-refractivity contribution is 5.95. The number of halogens is 2. The molecule has 2 aromatic rings. The van der Waals surface area contributed by atoms with Crippen LogP contribution in [0.5, 0.6) is 0 Å². The monoisotopic (exact) mass is 359 g/mol. The van der Waals surface area contributed by atoms with Crippen molar-refractivity contribution in [2.24, 2.45) is 11.8 Å². The van der Waals surface area contributed by atoms with Crippen LogP contribution < -0.4 is 0 Å². The van der Waals surface area contributed by atoms with Crippen LogP contribution >= 0.6 is 0 Å². The minimum absolute atomic E-state index is 0.121. The van der Waals surface area contributed by atoms with E-state index in [1.54, 1.807) is 13.8 Å². The van der Waals surface area contributed by atoms with Gasteiger partial charge >= 0.3 is 5.97 Å². The Morgan fingerprint density at radius 3 is 2.35 bits per heavy atom. The lowest BCUT2D eigenvalue weighted by Gasteiger charge is -2.17. The zero-order chi connectivity index (χ0) is 19.0. The van der Waals surface area contributed by atoms with Crippen LogP contribution in [0.2, 0.25) is 0 Å². The number of carboxylic acids is 1. The summed E-state index contributed by atoms with van der Waals surface area (Å²) >= 11 is 0. The molecule has 0 aromatic heterocycles. The molecule has 0 radical (unpaired) electrons. The van der Waals surface area contributed by atoms with E-state index in [0.29, 0.717) is 17.7 Å². The Morgan fingerprint density at radius 2 is 1.77 bits per heavy atom. The van der Waals surface area contributed by atoms with E-state index in [1.165, 1.54) is 35.2 Å². The van der Waals surface area contributed by atoms with Gasteiger partial charge in [-0.3, -0.25) is 9.59 Å². The van der Waals surface area contributed by atoms with E-state index in [4.69, 9.17) is 0 Å². The Balaban J connectivity index is 1.86. The second-order valence-electron chi connectivity index (χ2n) is 6.79. The first-order valence-corrected chi connectivity index (χ1v) is 8.36. The Bertz CT molecular complexity index is 881. The maximum atomic E-state index is 14.6. The SMILES string of the molecule is Cc1cc(F)ccc1-c1ccc(C(=O)N2C[C@@H](C)[C@H](C(=O)O)C2)cc1F. The Kier molecular flexibility index (Phi) is 4.76. The van der Waals surface area contributed by atoms with Crippen molar-refractivity contribution in [2.75, 3.05) is 13.1 Å². The molecule has 0 unspecified atom stereocenters. The van der Waals surface area contributed by atoms with Gasteiger partial charge in [0.05, 0.1) is 5.92 Å². The Hall–Kier alpha value is -2.76. The van der Waals surface area contributed by atoms with E-state index in [9.17, 15) is 23.5 Å². The van der Waals surface area contributed by atoms with Crippen LogP contribution in [-0.2, 0) is 4.79 Å². The molecule has 4 nitrogen and oxygen atoms in total. The van der Waals surface area contributed by atoms with Crippen LogP contribution in [0, 0.1) is 30.4 Å². The van der Waals surface area contributed by atoms with Gasteiger partial charge in [0.15, 0.2) is 0 Å². The summed E-state index contributed by atoms with van der Waals surface area (Å²) in [6, 6.07) is 8.26. The molecule has 1 aliphatic heterocycles. The van der Waals surface area contributed by atoms with Gasteiger partial charge in [0.2, 0.25) is 0 Å². The zero-order valence-corrected chi connectivity index (χ0v) is 14.5. The van der Waals surface area contributed by atoms with Crippen LogP contribution in [0.25, 0.3) is 11.1 Å². The summed E-state index contributed by atoms with van der Waals surface area (Å²) in [4.78, 5) is 25.2. The van der Waals surface area contributed by atoms with E-state index >= 15 is 0 Å². The first-order chi connectivity index (χ1) is 12.3. The van der Waals surface area contributed by atoms with Crippen molar-refractivity contribution < 1.29 is 23.5 Å². The summed E-state index contributed by atoms with van der Waals surface area (Å²) in [5.41, 5.74) is 1.62. The van der Waals surface area contributed by atoms with Crippen molar-refractivity contribution in [2.45, 2.75) is 13.8 Å². The minimum Gasteiger partial charge on any atom is -0.481 e. The number of aliphatic carboxylic acids is 1. The third kappa shape index (κ3) is 3.31.